The summed E-state index contributed by atoms with van der Waals surface area (Å²) < 4.78 is 0. The summed E-state index contributed by atoms with van der Waals surface area (Å²) in [6, 6.07) is 0. The highest BCUT2D eigenvalue weighted by Gasteiger charge is 2.40. The minimum Gasteiger partial charge on any atom is -0.396 e. The Labute approximate surface area is 98.8 Å². The summed E-state index contributed by atoms with van der Waals surface area (Å²) in [6.07, 6.45) is 2.85. The van der Waals surface area contributed by atoms with Gasteiger partial charge in [0, 0.05) is 31.0 Å². The zero-order valence-electron chi connectivity index (χ0n) is 10.8. The molecule has 1 rings (SSSR count). The fraction of sp³-hybridized carbons (Fsp3) is 0.923. The molecule has 0 aromatic heterocycles. The Balaban J connectivity index is 2.44. The lowest BCUT2D eigenvalue weighted by Gasteiger charge is -2.24. The molecule has 0 spiro atoms. The van der Waals surface area contributed by atoms with Crippen molar-refractivity contribution in [2.45, 2.75) is 40.0 Å². The average Bonchev–Trinajstić information content (AvgIpc) is 2.50. The molecule has 94 valence electrons. The molecule has 0 heterocycles. The zero-order valence-corrected chi connectivity index (χ0v) is 10.8. The molecule has 1 aliphatic rings. The topological polar surface area (TPSA) is 40.5 Å². The molecule has 0 aromatic rings. The van der Waals surface area contributed by atoms with E-state index in [0.29, 0.717) is 5.78 Å². The fourth-order valence-corrected chi connectivity index (χ4v) is 2.50. The third-order valence-corrected chi connectivity index (χ3v) is 3.71. The van der Waals surface area contributed by atoms with Gasteiger partial charge in [-0.3, -0.25) is 4.79 Å². The highest BCUT2D eigenvalue weighted by atomic mass is 16.3. The van der Waals surface area contributed by atoms with Crippen molar-refractivity contribution in [3.8, 4) is 0 Å². The van der Waals surface area contributed by atoms with Crippen LogP contribution in [0, 0.1) is 11.3 Å². The van der Waals surface area contributed by atoms with E-state index >= 15 is 0 Å². The lowest BCUT2D eigenvalue weighted by Crippen LogP contribution is -2.34. The van der Waals surface area contributed by atoms with Crippen molar-refractivity contribution in [3.63, 3.8) is 0 Å². The molecule has 0 radical (unpaired) electrons. The van der Waals surface area contributed by atoms with Gasteiger partial charge in [-0.05, 0) is 25.8 Å². The third kappa shape index (κ3) is 3.29. The number of ketones is 1. The number of Topliss-reactive ketones (excluding diaryl/α,β-unsaturated/α-hetero) is 1. The van der Waals surface area contributed by atoms with Crippen LogP contribution in [-0.2, 0) is 4.79 Å². The Morgan fingerprint density at radius 3 is 2.62 bits per heavy atom. The average molecular weight is 227 g/mol. The van der Waals surface area contributed by atoms with Gasteiger partial charge in [-0.2, -0.15) is 0 Å². The summed E-state index contributed by atoms with van der Waals surface area (Å²) in [7, 11) is 0. The van der Waals surface area contributed by atoms with Crippen LogP contribution in [0.1, 0.15) is 40.0 Å². The monoisotopic (exact) mass is 227 g/mol. The largest absolute Gasteiger partial charge is 0.396 e. The molecule has 1 N–H and O–H groups in total. The highest BCUT2D eigenvalue weighted by Crippen LogP contribution is 2.37. The minimum atomic E-state index is -0.110. The van der Waals surface area contributed by atoms with Crippen molar-refractivity contribution >= 4 is 5.78 Å². The van der Waals surface area contributed by atoms with Crippen molar-refractivity contribution in [2.75, 3.05) is 26.2 Å². The first-order chi connectivity index (χ1) is 7.51. The van der Waals surface area contributed by atoms with Crippen molar-refractivity contribution in [1.82, 2.24) is 4.90 Å². The van der Waals surface area contributed by atoms with Crippen LogP contribution in [0.2, 0.25) is 0 Å². The maximum absolute atomic E-state index is 12.1. The Morgan fingerprint density at radius 2 is 2.19 bits per heavy atom. The van der Waals surface area contributed by atoms with E-state index in [1.807, 2.05) is 0 Å². The molecule has 0 amide bonds. The highest BCUT2D eigenvalue weighted by molar-refractivity contribution is 5.88. The van der Waals surface area contributed by atoms with Crippen molar-refractivity contribution in [3.05, 3.63) is 0 Å². The number of hydrogen-bond donors (Lipinski definition) is 1. The molecule has 1 aliphatic carbocycles. The zero-order chi connectivity index (χ0) is 12.2. The van der Waals surface area contributed by atoms with Gasteiger partial charge in [0.05, 0.1) is 0 Å². The van der Waals surface area contributed by atoms with E-state index < -0.39 is 0 Å². The summed E-state index contributed by atoms with van der Waals surface area (Å²) in [6.45, 7) is 9.20. The van der Waals surface area contributed by atoms with Gasteiger partial charge >= 0.3 is 0 Å². The van der Waals surface area contributed by atoms with Gasteiger partial charge in [0.15, 0.2) is 0 Å². The summed E-state index contributed by atoms with van der Waals surface area (Å²) in [5.74, 6) is 0.642. The van der Waals surface area contributed by atoms with Crippen LogP contribution in [0.3, 0.4) is 0 Å². The predicted molar refractivity (Wildman–Crippen MR) is 65.3 cm³/mol. The van der Waals surface area contributed by atoms with Crippen LogP contribution in [0.15, 0.2) is 0 Å². The Hall–Kier alpha value is -0.410. The second kappa shape index (κ2) is 5.78. The second-order valence-electron chi connectivity index (χ2n) is 5.45. The van der Waals surface area contributed by atoms with E-state index in [0.717, 1.165) is 38.9 Å². The number of aliphatic hydroxyl groups excluding tert-OH is 1. The number of carbonyl (C=O) groups excluding carboxylic acids is 1. The second-order valence-corrected chi connectivity index (χ2v) is 5.45. The van der Waals surface area contributed by atoms with E-state index in [1.165, 1.54) is 0 Å². The lowest BCUT2D eigenvalue weighted by atomic mass is 9.89. The van der Waals surface area contributed by atoms with Crippen LogP contribution in [0.25, 0.3) is 0 Å². The summed E-state index contributed by atoms with van der Waals surface area (Å²) in [5, 5.41) is 8.81. The van der Waals surface area contributed by atoms with E-state index in [4.69, 9.17) is 5.11 Å². The first kappa shape index (κ1) is 13.7. The van der Waals surface area contributed by atoms with Gasteiger partial charge < -0.3 is 10.0 Å². The van der Waals surface area contributed by atoms with Gasteiger partial charge in [-0.25, -0.2) is 0 Å². The molecule has 1 saturated carbocycles. The van der Waals surface area contributed by atoms with Crippen molar-refractivity contribution in [2.24, 2.45) is 11.3 Å². The maximum Gasteiger partial charge on any atom is 0.142 e. The smallest absolute Gasteiger partial charge is 0.142 e. The molecule has 1 unspecified atom stereocenters. The van der Waals surface area contributed by atoms with Crippen molar-refractivity contribution in [1.29, 1.82) is 0 Å². The maximum atomic E-state index is 12.1. The SMILES string of the molecule is CCN(CCCO)CC1CCC(C)(C)C1=O. The molecule has 1 fully saturated rings. The van der Waals surface area contributed by atoms with Crippen LogP contribution in [0.4, 0.5) is 0 Å². The van der Waals surface area contributed by atoms with Crippen LogP contribution in [0.5, 0.6) is 0 Å². The molecule has 0 aromatic carbocycles. The molecular formula is C13H25NO2. The number of carbonyl (C=O) groups is 1. The Morgan fingerprint density at radius 1 is 1.50 bits per heavy atom. The Bertz CT molecular complexity index is 238. The standard InChI is InChI=1S/C13H25NO2/c1-4-14(8-5-9-15)10-11-6-7-13(2,3)12(11)16/h11,15H,4-10H2,1-3H3. The van der Waals surface area contributed by atoms with E-state index in [9.17, 15) is 4.79 Å². The van der Waals surface area contributed by atoms with Crippen LogP contribution < -0.4 is 0 Å². The fourth-order valence-electron chi connectivity index (χ4n) is 2.50. The van der Waals surface area contributed by atoms with E-state index in [1.54, 1.807) is 0 Å². The van der Waals surface area contributed by atoms with E-state index in [2.05, 4.69) is 25.7 Å². The predicted octanol–water partition coefficient (Wildman–Crippen LogP) is 1.70. The van der Waals surface area contributed by atoms with E-state index in [-0.39, 0.29) is 17.9 Å². The van der Waals surface area contributed by atoms with Gasteiger partial charge in [0.25, 0.3) is 0 Å². The molecule has 3 heteroatoms. The number of rotatable bonds is 6. The first-order valence-electron chi connectivity index (χ1n) is 6.38. The number of aliphatic hydroxyl groups is 1. The number of nitrogens with zero attached hydrogens (tertiary/aromatic N) is 1. The first-order valence-corrected chi connectivity index (χ1v) is 6.38. The molecular weight excluding hydrogens is 202 g/mol. The Kier molecular flexibility index (Phi) is 4.93. The summed E-state index contributed by atoms with van der Waals surface area (Å²) in [5.41, 5.74) is -0.110. The quantitative estimate of drug-likeness (QED) is 0.751. The van der Waals surface area contributed by atoms with Crippen molar-refractivity contribution < 1.29 is 9.90 Å². The third-order valence-electron chi connectivity index (χ3n) is 3.71. The minimum absolute atomic E-state index is 0.110. The molecule has 3 nitrogen and oxygen atoms in total. The molecule has 0 saturated heterocycles. The van der Waals surface area contributed by atoms with Gasteiger partial charge in [-0.15, -0.1) is 0 Å². The number of hydrogen-bond acceptors (Lipinski definition) is 3. The van der Waals surface area contributed by atoms with Crippen LogP contribution in [-0.4, -0.2) is 42.0 Å². The van der Waals surface area contributed by atoms with Crippen LogP contribution >= 0.6 is 0 Å². The van der Waals surface area contributed by atoms with Gasteiger partial charge in [0.1, 0.15) is 5.78 Å². The normalized spacial score (nSPS) is 24.3. The molecule has 16 heavy (non-hydrogen) atoms. The summed E-state index contributed by atoms with van der Waals surface area (Å²) >= 11 is 0. The summed E-state index contributed by atoms with van der Waals surface area (Å²) in [4.78, 5) is 14.4. The van der Waals surface area contributed by atoms with Gasteiger partial charge in [-0.1, -0.05) is 20.8 Å². The molecule has 1 atom stereocenters. The molecule has 0 aliphatic heterocycles. The van der Waals surface area contributed by atoms with Gasteiger partial charge in [0.2, 0.25) is 0 Å². The lowest BCUT2D eigenvalue weighted by molar-refractivity contribution is -0.127. The molecule has 0 bridgehead atoms.